The van der Waals surface area contributed by atoms with Crippen LogP contribution in [0.25, 0.3) is 0 Å². The third kappa shape index (κ3) is 5.29. The van der Waals surface area contributed by atoms with Gasteiger partial charge in [0.1, 0.15) is 5.69 Å². The Balaban J connectivity index is 1.44. The van der Waals surface area contributed by atoms with Gasteiger partial charge in [-0.1, -0.05) is 30.3 Å². The molecular weight excluding hydrogens is 340 g/mol. The van der Waals surface area contributed by atoms with Crippen LogP contribution in [0.1, 0.15) is 29.4 Å². The molecule has 0 bridgehead atoms. The van der Waals surface area contributed by atoms with Crippen molar-refractivity contribution in [2.24, 2.45) is 0 Å². The second-order valence-electron chi connectivity index (χ2n) is 6.75. The highest BCUT2D eigenvalue weighted by Gasteiger charge is 2.23. The highest BCUT2D eigenvalue weighted by molar-refractivity contribution is 5.92. The molecule has 0 atom stereocenters. The zero-order valence-electron chi connectivity index (χ0n) is 15.7. The molecule has 1 aromatic heterocycles. The largest absolute Gasteiger partial charge is 0.384 e. The molecule has 0 radical (unpaired) electrons. The summed E-state index contributed by atoms with van der Waals surface area (Å²) in [4.78, 5) is 31.8. The third-order valence-corrected chi connectivity index (χ3v) is 4.81. The number of benzene rings is 1. The Bertz CT molecular complexity index is 754. The van der Waals surface area contributed by atoms with Crippen LogP contribution in [-0.4, -0.2) is 59.3 Å². The molecule has 2 heterocycles. The van der Waals surface area contributed by atoms with Gasteiger partial charge in [0.25, 0.3) is 5.91 Å². The van der Waals surface area contributed by atoms with Crippen LogP contribution in [0.2, 0.25) is 0 Å². The Morgan fingerprint density at radius 2 is 1.70 bits per heavy atom. The average Bonchev–Trinajstić information content (AvgIpc) is 2.72. The van der Waals surface area contributed by atoms with E-state index in [1.165, 1.54) is 5.56 Å². The van der Waals surface area contributed by atoms with E-state index in [0.717, 1.165) is 25.1 Å². The molecule has 2 aromatic rings. The number of carbonyl (C=O) groups excluding carboxylic acids is 2. The number of hydrogen-bond donors (Lipinski definition) is 1. The number of piperazine rings is 1. The molecule has 27 heavy (non-hydrogen) atoms. The fraction of sp³-hybridized carbons (Fsp3) is 0.381. The SMILES string of the molecule is CC(=O)N1CCN(C(=O)c2ccc(NCCCc3ccccc3)cn2)CC1. The number of amides is 2. The van der Waals surface area contributed by atoms with Gasteiger partial charge in [-0.15, -0.1) is 0 Å². The van der Waals surface area contributed by atoms with Gasteiger partial charge in [-0.05, 0) is 30.5 Å². The Labute approximate surface area is 160 Å². The van der Waals surface area contributed by atoms with Gasteiger partial charge in [0.05, 0.1) is 11.9 Å². The van der Waals surface area contributed by atoms with E-state index in [1.807, 2.05) is 12.1 Å². The maximum Gasteiger partial charge on any atom is 0.272 e. The molecule has 0 saturated carbocycles. The number of nitrogens with zero attached hydrogens (tertiary/aromatic N) is 3. The van der Waals surface area contributed by atoms with Crippen LogP contribution >= 0.6 is 0 Å². The summed E-state index contributed by atoms with van der Waals surface area (Å²) in [7, 11) is 0. The molecule has 1 N–H and O–H groups in total. The summed E-state index contributed by atoms with van der Waals surface area (Å²) >= 11 is 0. The van der Waals surface area contributed by atoms with Crippen LogP contribution in [0, 0.1) is 0 Å². The molecule has 0 unspecified atom stereocenters. The molecule has 6 heteroatoms. The maximum atomic E-state index is 12.5. The molecule has 142 valence electrons. The molecule has 1 fully saturated rings. The average molecular weight is 366 g/mol. The van der Waals surface area contributed by atoms with E-state index in [1.54, 1.807) is 29.0 Å². The quantitative estimate of drug-likeness (QED) is 0.798. The van der Waals surface area contributed by atoms with Gasteiger partial charge < -0.3 is 15.1 Å². The van der Waals surface area contributed by atoms with Crippen molar-refractivity contribution < 1.29 is 9.59 Å². The first-order valence-electron chi connectivity index (χ1n) is 9.42. The molecule has 3 rings (SSSR count). The Morgan fingerprint density at radius 3 is 2.33 bits per heavy atom. The van der Waals surface area contributed by atoms with Crippen molar-refractivity contribution in [2.75, 3.05) is 38.0 Å². The zero-order chi connectivity index (χ0) is 19.1. The fourth-order valence-electron chi connectivity index (χ4n) is 3.18. The van der Waals surface area contributed by atoms with Gasteiger partial charge in [-0.25, -0.2) is 4.98 Å². The van der Waals surface area contributed by atoms with Crippen LogP contribution in [0.15, 0.2) is 48.7 Å². The summed E-state index contributed by atoms with van der Waals surface area (Å²) in [5, 5.41) is 3.35. The van der Waals surface area contributed by atoms with Crippen LogP contribution in [0.4, 0.5) is 5.69 Å². The van der Waals surface area contributed by atoms with Crippen molar-refractivity contribution in [1.29, 1.82) is 0 Å². The van der Waals surface area contributed by atoms with E-state index >= 15 is 0 Å². The van der Waals surface area contributed by atoms with E-state index < -0.39 is 0 Å². The monoisotopic (exact) mass is 366 g/mol. The lowest BCUT2D eigenvalue weighted by molar-refractivity contribution is -0.130. The van der Waals surface area contributed by atoms with Crippen molar-refractivity contribution in [1.82, 2.24) is 14.8 Å². The highest BCUT2D eigenvalue weighted by atomic mass is 16.2. The van der Waals surface area contributed by atoms with Crippen molar-refractivity contribution >= 4 is 17.5 Å². The van der Waals surface area contributed by atoms with E-state index in [2.05, 4.69) is 34.6 Å². The summed E-state index contributed by atoms with van der Waals surface area (Å²) in [6, 6.07) is 14.1. The molecule has 0 aliphatic carbocycles. The predicted octanol–water partition coefficient (Wildman–Crippen LogP) is 2.43. The standard InChI is InChI=1S/C21H26N4O2/c1-17(26)24-12-14-25(15-13-24)21(27)20-10-9-19(16-23-20)22-11-5-8-18-6-3-2-4-7-18/h2-4,6-7,9-10,16,22H,5,8,11-15H2,1H3. The van der Waals surface area contributed by atoms with Gasteiger partial charge >= 0.3 is 0 Å². The normalized spacial score (nSPS) is 14.1. The lowest BCUT2D eigenvalue weighted by atomic mass is 10.1. The number of rotatable bonds is 6. The number of hydrogen-bond acceptors (Lipinski definition) is 4. The van der Waals surface area contributed by atoms with Crippen LogP contribution in [-0.2, 0) is 11.2 Å². The predicted molar refractivity (Wildman–Crippen MR) is 106 cm³/mol. The molecule has 1 saturated heterocycles. The maximum absolute atomic E-state index is 12.5. The number of pyridine rings is 1. The second-order valence-corrected chi connectivity index (χ2v) is 6.75. The number of aromatic nitrogens is 1. The van der Waals surface area contributed by atoms with Gasteiger partial charge in [-0.2, -0.15) is 0 Å². The summed E-state index contributed by atoms with van der Waals surface area (Å²) < 4.78 is 0. The molecular formula is C21H26N4O2. The first kappa shape index (κ1) is 18.9. The topological polar surface area (TPSA) is 65.5 Å². The van der Waals surface area contributed by atoms with Crippen molar-refractivity contribution in [3.63, 3.8) is 0 Å². The van der Waals surface area contributed by atoms with Crippen LogP contribution in [0.3, 0.4) is 0 Å². The second kappa shape index (κ2) is 9.16. The van der Waals surface area contributed by atoms with E-state index in [9.17, 15) is 9.59 Å². The van der Waals surface area contributed by atoms with Crippen molar-refractivity contribution in [3.05, 3.63) is 59.9 Å². The minimum absolute atomic E-state index is 0.0583. The van der Waals surface area contributed by atoms with Crippen molar-refractivity contribution in [3.8, 4) is 0 Å². The molecule has 1 aromatic carbocycles. The van der Waals surface area contributed by atoms with Crippen LogP contribution < -0.4 is 5.32 Å². The summed E-state index contributed by atoms with van der Waals surface area (Å²) in [6.07, 6.45) is 3.77. The molecule has 6 nitrogen and oxygen atoms in total. The number of nitrogens with one attached hydrogen (secondary N) is 1. The third-order valence-electron chi connectivity index (χ3n) is 4.81. The number of carbonyl (C=O) groups is 2. The Kier molecular flexibility index (Phi) is 6.41. The van der Waals surface area contributed by atoms with E-state index in [4.69, 9.17) is 0 Å². The lowest BCUT2D eigenvalue weighted by Crippen LogP contribution is -2.50. The van der Waals surface area contributed by atoms with Gasteiger partial charge in [-0.3, -0.25) is 9.59 Å². The summed E-state index contributed by atoms with van der Waals surface area (Å²) in [5.41, 5.74) is 2.70. The fourth-order valence-corrected chi connectivity index (χ4v) is 3.18. The Morgan fingerprint density at radius 1 is 1.00 bits per heavy atom. The molecule has 2 amide bonds. The molecule has 0 spiro atoms. The zero-order valence-corrected chi connectivity index (χ0v) is 15.7. The van der Waals surface area contributed by atoms with E-state index in [0.29, 0.717) is 31.9 Å². The summed E-state index contributed by atoms with van der Waals surface area (Å²) in [6.45, 7) is 4.70. The summed E-state index contributed by atoms with van der Waals surface area (Å²) in [5.74, 6) is -0.0169. The minimum atomic E-state index is -0.0752. The van der Waals surface area contributed by atoms with Gasteiger partial charge in [0, 0.05) is 39.6 Å². The highest BCUT2D eigenvalue weighted by Crippen LogP contribution is 2.11. The smallest absolute Gasteiger partial charge is 0.272 e. The first-order valence-corrected chi connectivity index (χ1v) is 9.42. The number of aryl methyl sites for hydroxylation is 1. The lowest BCUT2D eigenvalue weighted by Gasteiger charge is -2.34. The number of anilines is 1. The van der Waals surface area contributed by atoms with Gasteiger partial charge in [0.15, 0.2) is 0 Å². The van der Waals surface area contributed by atoms with E-state index in [-0.39, 0.29) is 11.8 Å². The van der Waals surface area contributed by atoms with Crippen molar-refractivity contribution in [2.45, 2.75) is 19.8 Å². The molecule has 1 aliphatic heterocycles. The van der Waals surface area contributed by atoms with Gasteiger partial charge in [0.2, 0.25) is 5.91 Å². The first-order chi connectivity index (χ1) is 13.1. The Hall–Kier alpha value is -2.89. The molecule has 1 aliphatic rings. The minimum Gasteiger partial charge on any atom is -0.384 e. The van der Waals surface area contributed by atoms with Crippen LogP contribution in [0.5, 0.6) is 0 Å².